The maximum Gasteiger partial charge on any atom is 0.0178 e. The molecule has 0 amide bonds. The summed E-state index contributed by atoms with van der Waals surface area (Å²) >= 11 is 3.57. The molecule has 1 aromatic carbocycles. The lowest BCUT2D eigenvalue weighted by atomic mass is 9.87. The van der Waals surface area contributed by atoms with E-state index in [2.05, 4.69) is 46.0 Å². The lowest BCUT2D eigenvalue weighted by molar-refractivity contribution is 0.174. The average molecular weight is 294 g/mol. The summed E-state index contributed by atoms with van der Waals surface area (Å²) in [5, 5.41) is 0. The third kappa shape index (κ3) is 2.30. The molecule has 1 aliphatic carbocycles. The van der Waals surface area contributed by atoms with Crippen molar-refractivity contribution in [3.63, 3.8) is 0 Å². The van der Waals surface area contributed by atoms with Crippen LogP contribution in [0.1, 0.15) is 37.3 Å². The summed E-state index contributed by atoms with van der Waals surface area (Å²) in [5.74, 6) is 0. The molecule has 0 unspecified atom stereocenters. The van der Waals surface area contributed by atoms with Crippen LogP contribution < -0.4 is 0 Å². The Balaban J connectivity index is 1.78. The quantitative estimate of drug-likeness (QED) is 0.761. The number of halogens is 1. The number of nitrogens with zero attached hydrogens (tertiary/aromatic N) is 1. The van der Waals surface area contributed by atoms with Gasteiger partial charge in [0.05, 0.1) is 0 Å². The molecular weight excluding hydrogens is 274 g/mol. The topological polar surface area (TPSA) is 3.24 Å². The van der Waals surface area contributed by atoms with Crippen LogP contribution in [-0.4, -0.2) is 23.5 Å². The summed E-state index contributed by atoms with van der Waals surface area (Å²) in [7, 11) is 0. The SMILES string of the molecule is C[C@H]1CCCN1[C@H]1CCc2cc(Br)ccc2C1. The minimum Gasteiger partial charge on any atom is -0.297 e. The van der Waals surface area contributed by atoms with Gasteiger partial charge in [0, 0.05) is 16.6 Å². The van der Waals surface area contributed by atoms with Crippen molar-refractivity contribution in [3.05, 3.63) is 33.8 Å². The Morgan fingerprint density at radius 2 is 2.12 bits per heavy atom. The maximum atomic E-state index is 3.57. The molecule has 1 saturated heterocycles. The monoisotopic (exact) mass is 293 g/mol. The highest BCUT2D eigenvalue weighted by Gasteiger charge is 2.30. The molecule has 1 fully saturated rings. The molecular formula is C15H20BrN. The first-order valence-corrected chi connectivity index (χ1v) is 7.56. The second kappa shape index (κ2) is 4.74. The number of aryl methyl sites for hydroxylation is 1. The first-order valence-electron chi connectivity index (χ1n) is 6.77. The van der Waals surface area contributed by atoms with Gasteiger partial charge >= 0.3 is 0 Å². The summed E-state index contributed by atoms with van der Waals surface area (Å²) in [6, 6.07) is 8.40. The summed E-state index contributed by atoms with van der Waals surface area (Å²) in [6.45, 7) is 3.71. The van der Waals surface area contributed by atoms with E-state index in [-0.39, 0.29) is 0 Å². The largest absolute Gasteiger partial charge is 0.297 e. The smallest absolute Gasteiger partial charge is 0.0178 e. The third-order valence-electron chi connectivity index (χ3n) is 4.44. The van der Waals surface area contributed by atoms with E-state index in [4.69, 9.17) is 0 Å². The molecule has 0 N–H and O–H groups in total. The zero-order valence-corrected chi connectivity index (χ0v) is 12.0. The van der Waals surface area contributed by atoms with E-state index in [0.29, 0.717) is 0 Å². The fourth-order valence-corrected chi connectivity index (χ4v) is 3.89. The number of benzene rings is 1. The van der Waals surface area contributed by atoms with Crippen LogP contribution in [0.4, 0.5) is 0 Å². The maximum absolute atomic E-state index is 3.57. The summed E-state index contributed by atoms with van der Waals surface area (Å²) in [4.78, 5) is 2.74. The van der Waals surface area contributed by atoms with Gasteiger partial charge in [-0.05, 0) is 68.8 Å². The Labute approximate surface area is 112 Å². The lowest BCUT2D eigenvalue weighted by Gasteiger charge is -2.35. The molecule has 1 aromatic rings. The molecule has 0 aromatic heterocycles. The number of hydrogen-bond donors (Lipinski definition) is 0. The van der Waals surface area contributed by atoms with Crippen molar-refractivity contribution >= 4 is 15.9 Å². The normalized spacial score (nSPS) is 29.3. The van der Waals surface area contributed by atoms with E-state index < -0.39 is 0 Å². The van der Waals surface area contributed by atoms with Gasteiger partial charge in [-0.1, -0.05) is 22.0 Å². The van der Waals surface area contributed by atoms with E-state index in [1.165, 1.54) is 43.1 Å². The van der Waals surface area contributed by atoms with E-state index in [0.717, 1.165) is 12.1 Å². The highest BCUT2D eigenvalue weighted by molar-refractivity contribution is 9.10. The Morgan fingerprint density at radius 1 is 1.24 bits per heavy atom. The molecule has 92 valence electrons. The number of likely N-dealkylation sites (tertiary alicyclic amines) is 1. The van der Waals surface area contributed by atoms with Crippen LogP contribution in [0, 0.1) is 0 Å². The van der Waals surface area contributed by atoms with Gasteiger partial charge in [-0.25, -0.2) is 0 Å². The number of rotatable bonds is 1. The Morgan fingerprint density at radius 3 is 2.88 bits per heavy atom. The van der Waals surface area contributed by atoms with Gasteiger partial charge in [-0.2, -0.15) is 0 Å². The Bertz CT molecular complexity index is 415. The number of fused-ring (bicyclic) bond motifs is 1. The van der Waals surface area contributed by atoms with Crippen LogP contribution in [0.5, 0.6) is 0 Å². The molecule has 0 saturated carbocycles. The third-order valence-corrected chi connectivity index (χ3v) is 4.94. The van der Waals surface area contributed by atoms with Gasteiger partial charge in [0.15, 0.2) is 0 Å². The van der Waals surface area contributed by atoms with Crippen molar-refractivity contribution in [1.29, 1.82) is 0 Å². The summed E-state index contributed by atoms with van der Waals surface area (Å²) < 4.78 is 1.23. The second-order valence-electron chi connectivity index (χ2n) is 5.54. The molecule has 2 heteroatoms. The van der Waals surface area contributed by atoms with Crippen molar-refractivity contribution in [2.75, 3.05) is 6.54 Å². The highest BCUT2D eigenvalue weighted by atomic mass is 79.9. The number of hydrogen-bond acceptors (Lipinski definition) is 1. The minimum atomic E-state index is 0.793. The standard InChI is InChI=1S/C15H20BrN/c1-11-3-2-8-17(11)15-7-5-12-9-14(16)6-4-13(12)10-15/h4,6,9,11,15H,2-3,5,7-8,10H2,1H3/t11-,15-/m0/s1. The molecule has 0 spiro atoms. The van der Waals surface area contributed by atoms with Crippen molar-refractivity contribution in [1.82, 2.24) is 4.90 Å². The van der Waals surface area contributed by atoms with Crippen LogP contribution in [0.2, 0.25) is 0 Å². The zero-order valence-electron chi connectivity index (χ0n) is 10.5. The molecule has 2 atom stereocenters. The van der Waals surface area contributed by atoms with Gasteiger partial charge in [0.25, 0.3) is 0 Å². The molecule has 1 nitrogen and oxygen atoms in total. The molecule has 17 heavy (non-hydrogen) atoms. The van der Waals surface area contributed by atoms with Crippen molar-refractivity contribution < 1.29 is 0 Å². The predicted octanol–water partition coefficient (Wildman–Crippen LogP) is 3.79. The van der Waals surface area contributed by atoms with E-state index in [9.17, 15) is 0 Å². The van der Waals surface area contributed by atoms with Crippen LogP contribution in [-0.2, 0) is 12.8 Å². The van der Waals surface area contributed by atoms with Crippen molar-refractivity contribution in [2.45, 2.75) is 51.1 Å². The zero-order chi connectivity index (χ0) is 11.8. The van der Waals surface area contributed by atoms with Gasteiger partial charge in [0.1, 0.15) is 0 Å². The van der Waals surface area contributed by atoms with Crippen LogP contribution in [0.3, 0.4) is 0 Å². The van der Waals surface area contributed by atoms with E-state index >= 15 is 0 Å². The van der Waals surface area contributed by atoms with Gasteiger partial charge < -0.3 is 0 Å². The van der Waals surface area contributed by atoms with Gasteiger partial charge in [-0.3, -0.25) is 4.90 Å². The van der Waals surface area contributed by atoms with Crippen molar-refractivity contribution in [3.8, 4) is 0 Å². The molecule has 0 bridgehead atoms. The fourth-order valence-electron chi connectivity index (χ4n) is 3.49. The van der Waals surface area contributed by atoms with Crippen LogP contribution in [0.25, 0.3) is 0 Å². The average Bonchev–Trinajstić information content (AvgIpc) is 2.75. The first kappa shape index (κ1) is 11.7. The second-order valence-corrected chi connectivity index (χ2v) is 6.45. The Kier molecular flexibility index (Phi) is 3.27. The first-order chi connectivity index (χ1) is 8.24. The summed E-state index contributed by atoms with van der Waals surface area (Å²) in [6.07, 6.45) is 6.64. The Hall–Kier alpha value is -0.340. The predicted molar refractivity (Wildman–Crippen MR) is 75.4 cm³/mol. The fraction of sp³-hybridized carbons (Fsp3) is 0.600. The molecule has 1 aliphatic heterocycles. The molecule has 3 rings (SSSR count). The molecule has 2 aliphatic rings. The lowest BCUT2D eigenvalue weighted by Crippen LogP contribution is -2.41. The van der Waals surface area contributed by atoms with Crippen molar-refractivity contribution in [2.24, 2.45) is 0 Å². The minimum absolute atomic E-state index is 0.793. The molecule has 0 radical (unpaired) electrons. The van der Waals surface area contributed by atoms with E-state index in [1.807, 2.05) is 0 Å². The van der Waals surface area contributed by atoms with Crippen LogP contribution in [0.15, 0.2) is 22.7 Å². The van der Waals surface area contributed by atoms with Gasteiger partial charge in [0.2, 0.25) is 0 Å². The van der Waals surface area contributed by atoms with Crippen LogP contribution >= 0.6 is 15.9 Å². The molecule has 1 heterocycles. The highest BCUT2D eigenvalue weighted by Crippen LogP contribution is 2.30. The van der Waals surface area contributed by atoms with E-state index in [1.54, 1.807) is 11.1 Å². The summed E-state index contributed by atoms with van der Waals surface area (Å²) in [5.41, 5.74) is 3.13. The van der Waals surface area contributed by atoms with Gasteiger partial charge in [-0.15, -0.1) is 0 Å².